The monoisotopic (exact) mass is 288 g/mol. The maximum Gasteiger partial charge on any atom is 0.0580 e. The zero-order valence-corrected chi connectivity index (χ0v) is 12.9. The highest BCUT2D eigenvalue weighted by Crippen LogP contribution is 2.25. The van der Waals surface area contributed by atoms with Gasteiger partial charge in [-0.05, 0) is 55.7 Å². The Morgan fingerprint density at radius 1 is 1.00 bits per heavy atom. The molecule has 3 nitrogen and oxygen atoms in total. The molecular weight excluding hydrogens is 260 g/mol. The lowest BCUT2D eigenvalue weighted by atomic mass is 10.1. The molecule has 1 aromatic carbocycles. The standard InChI is InChI=1S/C18H28N2O/c21-18-6-4-5-16(18)14-19-13-15-7-9-17(10-8-15)20-11-2-1-3-12-20/h7-10,16,18-19,21H,1-6,11-14H2. The Hall–Kier alpha value is -1.06. The molecule has 0 spiro atoms. The predicted octanol–water partition coefficient (Wildman–Crippen LogP) is 2.93. The first-order chi connectivity index (χ1) is 10.3. The second-order valence-corrected chi connectivity index (χ2v) is 6.60. The molecule has 3 heteroatoms. The van der Waals surface area contributed by atoms with Gasteiger partial charge in [-0.3, -0.25) is 0 Å². The van der Waals surface area contributed by atoms with Gasteiger partial charge in [-0.25, -0.2) is 0 Å². The van der Waals surface area contributed by atoms with Crippen LogP contribution in [0.1, 0.15) is 44.1 Å². The number of nitrogens with one attached hydrogen (secondary N) is 1. The molecule has 0 bridgehead atoms. The van der Waals surface area contributed by atoms with Crippen molar-refractivity contribution in [3.63, 3.8) is 0 Å². The van der Waals surface area contributed by atoms with Crippen molar-refractivity contribution < 1.29 is 5.11 Å². The van der Waals surface area contributed by atoms with Crippen molar-refractivity contribution in [3.05, 3.63) is 29.8 Å². The van der Waals surface area contributed by atoms with Crippen LogP contribution in [0.15, 0.2) is 24.3 Å². The number of benzene rings is 1. The lowest BCUT2D eigenvalue weighted by Crippen LogP contribution is -2.29. The molecule has 1 aromatic rings. The van der Waals surface area contributed by atoms with Crippen molar-refractivity contribution >= 4 is 5.69 Å². The van der Waals surface area contributed by atoms with Crippen molar-refractivity contribution in [1.82, 2.24) is 5.32 Å². The van der Waals surface area contributed by atoms with Gasteiger partial charge in [0.15, 0.2) is 0 Å². The lowest BCUT2D eigenvalue weighted by molar-refractivity contribution is 0.131. The van der Waals surface area contributed by atoms with E-state index in [1.165, 1.54) is 56.4 Å². The van der Waals surface area contributed by atoms with E-state index in [4.69, 9.17) is 0 Å². The molecule has 1 heterocycles. The Balaban J connectivity index is 1.45. The fourth-order valence-corrected chi connectivity index (χ4v) is 3.63. The first-order valence-corrected chi connectivity index (χ1v) is 8.55. The van der Waals surface area contributed by atoms with Crippen LogP contribution in [0, 0.1) is 5.92 Å². The van der Waals surface area contributed by atoms with Gasteiger partial charge in [-0.2, -0.15) is 0 Å². The topological polar surface area (TPSA) is 35.5 Å². The summed E-state index contributed by atoms with van der Waals surface area (Å²) in [6.07, 6.45) is 7.28. The maximum absolute atomic E-state index is 9.82. The van der Waals surface area contributed by atoms with Gasteiger partial charge in [0.1, 0.15) is 0 Å². The number of hydrogen-bond donors (Lipinski definition) is 2. The van der Waals surface area contributed by atoms with E-state index in [-0.39, 0.29) is 6.10 Å². The first kappa shape index (κ1) is 14.9. The quantitative estimate of drug-likeness (QED) is 0.874. The number of piperidine rings is 1. The van der Waals surface area contributed by atoms with Crippen LogP contribution in [-0.2, 0) is 6.54 Å². The van der Waals surface area contributed by atoms with Gasteiger partial charge in [0, 0.05) is 31.9 Å². The van der Waals surface area contributed by atoms with E-state index in [2.05, 4.69) is 34.5 Å². The Bertz CT molecular complexity index is 425. The number of aliphatic hydroxyl groups is 1. The minimum atomic E-state index is -0.0843. The van der Waals surface area contributed by atoms with Crippen LogP contribution in [0.4, 0.5) is 5.69 Å². The van der Waals surface area contributed by atoms with E-state index < -0.39 is 0 Å². The van der Waals surface area contributed by atoms with Crippen molar-refractivity contribution in [3.8, 4) is 0 Å². The zero-order valence-electron chi connectivity index (χ0n) is 12.9. The molecule has 2 unspecified atom stereocenters. The molecule has 1 saturated carbocycles. The second-order valence-electron chi connectivity index (χ2n) is 6.60. The van der Waals surface area contributed by atoms with E-state index in [9.17, 15) is 5.11 Å². The van der Waals surface area contributed by atoms with Crippen molar-refractivity contribution in [1.29, 1.82) is 0 Å². The average molecular weight is 288 g/mol. The molecule has 0 aromatic heterocycles. The second kappa shape index (κ2) is 7.28. The maximum atomic E-state index is 9.82. The molecule has 2 fully saturated rings. The third-order valence-electron chi connectivity index (χ3n) is 5.01. The van der Waals surface area contributed by atoms with E-state index in [1.807, 2.05) is 0 Å². The molecule has 0 amide bonds. The van der Waals surface area contributed by atoms with Crippen molar-refractivity contribution in [2.75, 3.05) is 24.5 Å². The van der Waals surface area contributed by atoms with Gasteiger partial charge in [-0.15, -0.1) is 0 Å². The molecule has 1 aliphatic carbocycles. The molecule has 21 heavy (non-hydrogen) atoms. The minimum Gasteiger partial charge on any atom is -0.393 e. The van der Waals surface area contributed by atoms with E-state index in [0.29, 0.717) is 5.92 Å². The van der Waals surface area contributed by atoms with Gasteiger partial charge < -0.3 is 15.3 Å². The third kappa shape index (κ3) is 3.98. The Morgan fingerprint density at radius 3 is 2.43 bits per heavy atom. The number of aliphatic hydroxyl groups excluding tert-OH is 1. The van der Waals surface area contributed by atoms with Crippen molar-refractivity contribution in [2.45, 2.75) is 51.2 Å². The highest BCUT2D eigenvalue weighted by Gasteiger charge is 2.24. The zero-order chi connectivity index (χ0) is 14.5. The van der Waals surface area contributed by atoms with Crippen LogP contribution < -0.4 is 10.2 Å². The summed E-state index contributed by atoms with van der Waals surface area (Å²) < 4.78 is 0. The molecule has 3 rings (SSSR count). The van der Waals surface area contributed by atoms with Gasteiger partial charge in [0.05, 0.1) is 6.10 Å². The molecule has 1 aliphatic heterocycles. The molecule has 2 aliphatic rings. The van der Waals surface area contributed by atoms with Crippen LogP contribution in [0.2, 0.25) is 0 Å². The number of anilines is 1. The summed E-state index contributed by atoms with van der Waals surface area (Å²) in [5, 5.41) is 13.3. The molecule has 116 valence electrons. The van der Waals surface area contributed by atoms with E-state index >= 15 is 0 Å². The molecule has 2 N–H and O–H groups in total. The smallest absolute Gasteiger partial charge is 0.0580 e. The fraction of sp³-hybridized carbons (Fsp3) is 0.667. The van der Waals surface area contributed by atoms with Gasteiger partial charge in [-0.1, -0.05) is 18.6 Å². The molecular formula is C18H28N2O. The molecule has 1 saturated heterocycles. The summed E-state index contributed by atoms with van der Waals surface area (Å²) in [6, 6.07) is 8.99. The summed E-state index contributed by atoms with van der Waals surface area (Å²) in [4.78, 5) is 2.50. The van der Waals surface area contributed by atoms with Gasteiger partial charge >= 0.3 is 0 Å². The summed E-state index contributed by atoms with van der Waals surface area (Å²) in [5.74, 6) is 0.456. The first-order valence-electron chi connectivity index (χ1n) is 8.55. The SMILES string of the molecule is OC1CCCC1CNCc1ccc(N2CCCCC2)cc1. The van der Waals surface area contributed by atoms with Crippen LogP contribution in [0.3, 0.4) is 0 Å². The Labute approximate surface area is 128 Å². The highest BCUT2D eigenvalue weighted by molar-refractivity contribution is 5.47. The number of rotatable bonds is 5. The van der Waals surface area contributed by atoms with Crippen LogP contribution in [-0.4, -0.2) is 30.8 Å². The average Bonchev–Trinajstić information content (AvgIpc) is 2.94. The molecule has 2 atom stereocenters. The summed E-state index contributed by atoms with van der Waals surface area (Å²) in [6.45, 7) is 4.26. The largest absolute Gasteiger partial charge is 0.393 e. The number of hydrogen-bond acceptors (Lipinski definition) is 3. The molecule has 0 radical (unpaired) electrons. The third-order valence-corrected chi connectivity index (χ3v) is 5.01. The van der Waals surface area contributed by atoms with Crippen molar-refractivity contribution in [2.24, 2.45) is 5.92 Å². The predicted molar refractivity (Wildman–Crippen MR) is 87.6 cm³/mol. The normalized spacial score (nSPS) is 26.2. The van der Waals surface area contributed by atoms with Crippen LogP contribution in [0.25, 0.3) is 0 Å². The lowest BCUT2D eigenvalue weighted by Gasteiger charge is -2.28. The van der Waals surface area contributed by atoms with E-state index in [1.54, 1.807) is 0 Å². The fourth-order valence-electron chi connectivity index (χ4n) is 3.63. The minimum absolute atomic E-state index is 0.0843. The van der Waals surface area contributed by atoms with Crippen LogP contribution >= 0.6 is 0 Å². The summed E-state index contributed by atoms with van der Waals surface area (Å²) in [5.41, 5.74) is 2.70. The summed E-state index contributed by atoms with van der Waals surface area (Å²) >= 11 is 0. The van der Waals surface area contributed by atoms with Gasteiger partial charge in [0.25, 0.3) is 0 Å². The Morgan fingerprint density at radius 2 is 1.76 bits per heavy atom. The van der Waals surface area contributed by atoms with Crippen LogP contribution in [0.5, 0.6) is 0 Å². The Kier molecular flexibility index (Phi) is 5.15. The van der Waals surface area contributed by atoms with Gasteiger partial charge in [0.2, 0.25) is 0 Å². The van der Waals surface area contributed by atoms with E-state index in [0.717, 1.165) is 19.5 Å². The highest BCUT2D eigenvalue weighted by atomic mass is 16.3. The number of nitrogens with zero attached hydrogens (tertiary/aromatic N) is 1. The summed E-state index contributed by atoms with van der Waals surface area (Å²) in [7, 11) is 0.